The van der Waals surface area contributed by atoms with Crippen LogP contribution in [0.15, 0.2) is 76.5 Å². The summed E-state index contributed by atoms with van der Waals surface area (Å²) in [6, 6.07) is 16.0. The first-order chi connectivity index (χ1) is 15.8. The number of hydrogen-bond acceptors (Lipinski definition) is 4. The van der Waals surface area contributed by atoms with E-state index in [-0.39, 0.29) is 39.1 Å². The third-order valence-electron chi connectivity index (χ3n) is 5.74. The van der Waals surface area contributed by atoms with Crippen molar-refractivity contribution in [1.29, 1.82) is 0 Å². The summed E-state index contributed by atoms with van der Waals surface area (Å²) in [6.07, 6.45) is 0. The Balaban J connectivity index is 1.93. The zero-order valence-corrected chi connectivity index (χ0v) is 19.1. The van der Waals surface area contributed by atoms with E-state index in [4.69, 9.17) is 0 Å². The molecule has 1 aliphatic rings. The van der Waals surface area contributed by atoms with Crippen molar-refractivity contribution in [2.24, 2.45) is 0 Å². The molecule has 0 bridgehead atoms. The maximum Gasteiger partial charge on any atom is 0.259 e. The fourth-order valence-corrected chi connectivity index (χ4v) is 5.59. The van der Waals surface area contributed by atoms with Crippen molar-refractivity contribution in [2.75, 3.05) is 18.0 Å². The van der Waals surface area contributed by atoms with Gasteiger partial charge in [0.25, 0.3) is 11.8 Å². The Labute approximate surface area is 192 Å². The summed E-state index contributed by atoms with van der Waals surface area (Å²) in [5.41, 5.74) is 1.08. The summed E-state index contributed by atoms with van der Waals surface area (Å²) in [5.74, 6) is -1.18. The number of carbonyl (C=O) groups excluding carboxylic acids is 2. The van der Waals surface area contributed by atoms with Crippen LogP contribution in [0.2, 0.25) is 0 Å². The summed E-state index contributed by atoms with van der Waals surface area (Å²) >= 11 is 0. The number of carbonyl (C=O) groups is 2. The Morgan fingerprint density at radius 3 is 2.27 bits per heavy atom. The number of nitrogens with zero attached hydrogens (tertiary/aromatic N) is 2. The lowest BCUT2D eigenvalue weighted by Crippen LogP contribution is -2.32. The van der Waals surface area contributed by atoms with Crippen molar-refractivity contribution in [1.82, 2.24) is 4.90 Å². The molecule has 0 atom stereocenters. The van der Waals surface area contributed by atoms with Crippen LogP contribution in [0, 0.1) is 5.82 Å². The molecule has 0 aliphatic carbocycles. The van der Waals surface area contributed by atoms with E-state index in [1.165, 1.54) is 47.4 Å². The Morgan fingerprint density at radius 1 is 0.939 bits per heavy atom. The standard InChI is InChI=1S/C25H23FN2O4S/c1-3-27(4-2)24(29)18-11-14-23-21(15-18)28(16-17-9-12-19(26)13-10-17)25(30)20-7-5-6-8-22(20)33(23,31)32/h5-15H,3-4,16H2,1-2H3. The minimum Gasteiger partial charge on any atom is -0.339 e. The van der Waals surface area contributed by atoms with Crippen LogP contribution < -0.4 is 4.90 Å². The van der Waals surface area contributed by atoms with E-state index in [0.29, 0.717) is 18.7 Å². The average molecular weight is 467 g/mol. The van der Waals surface area contributed by atoms with Crippen molar-refractivity contribution >= 4 is 27.3 Å². The van der Waals surface area contributed by atoms with Crippen LogP contribution in [0.3, 0.4) is 0 Å². The van der Waals surface area contributed by atoms with Crippen LogP contribution in [-0.4, -0.2) is 38.2 Å². The molecule has 170 valence electrons. The van der Waals surface area contributed by atoms with Gasteiger partial charge in [-0.2, -0.15) is 0 Å². The van der Waals surface area contributed by atoms with Gasteiger partial charge in [0.2, 0.25) is 9.84 Å². The van der Waals surface area contributed by atoms with Gasteiger partial charge < -0.3 is 9.80 Å². The van der Waals surface area contributed by atoms with Crippen LogP contribution in [0.5, 0.6) is 0 Å². The molecule has 0 fully saturated rings. The fraction of sp³-hybridized carbons (Fsp3) is 0.200. The van der Waals surface area contributed by atoms with Gasteiger partial charge in [-0.05, 0) is 61.9 Å². The van der Waals surface area contributed by atoms with Crippen molar-refractivity contribution in [3.63, 3.8) is 0 Å². The van der Waals surface area contributed by atoms with E-state index in [1.54, 1.807) is 29.2 Å². The highest BCUT2D eigenvalue weighted by atomic mass is 32.2. The lowest BCUT2D eigenvalue weighted by molar-refractivity contribution is 0.0772. The van der Waals surface area contributed by atoms with Gasteiger partial charge in [0, 0.05) is 18.7 Å². The minimum absolute atomic E-state index is 0.0128. The third-order valence-corrected chi connectivity index (χ3v) is 7.60. The first-order valence-corrected chi connectivity index (χ1v) is 12.1. The highest BCUT2D eigenvalue weighted by Crippen LogP contribution is 2.38. The average Bonchev–Trinajstić information content (AvgIpc) is 2.89. The minimum atomic E-state index is -4.02. The molecule has 0 saturated carbocycles. The Hall–Kier alpha value is -3.52. The molecule has 6 nitrogen and oxygen atoms in total. The molecule has 1 aliphatic heterocycles. The summed E-state index contributed by atoms with van der Waals surface area (Å²) in [6.45, 7) is 4.72. The van der Waals surface area contributed by atoms with Crippen LogP contribution in [0.1, 0.15) is 40.1 Å². The second-order valence-corrected chi connectivity index (χ2v) is 9.56. The zero-order chi connectivity index (χ0) is 23.8. The number of benzene rings is 3. The van der Waals surface area contributed by atoms with E-state index in [1.807, 2.05) is 13.8 Å². The topological polar surface area (TPSA) is 74.8 Å². The molecule has 3 aromatic carbocycles. The summed E-state index contributed by atoms with van der Waals surface area (Å²) in [4.78, 5) is 29.4. The van der Waals surface area contributed by atoms with Gasteiger partial charge in [-0.25, -0.2) is 12.8 Å². The number of amides is 2. The highest BCUT2D eigenvalue weighted by Gasteiger charge is 2.36. The number of sulfone groups is 1. The quantitative estimate of drug-likeness (QED) is 0.562. The largest absolute Gasteiger partial charge is 0.339 e. The number of anilines is 1. The third kappa shape index (κ3) is 4.02. The highest BCUT2D eigenvalue weighted by molar-refractivity contribution is 7.91. The first kappa shape index (κ1) is 22.7. The SMILES string of the molecule is CCN(CC)C(=O)c1ccc2c(c1)N(Cc1ccc(F)cc1)C(=O)c1ccccc1S2(=O)=O. The Bertz CT molecular complexity index is 1330. The van der Waals surface area contributed by atoms with Crippen LogP contribution in [0.4, 0.5) is 10.1 Å². The van der Waals surface area contributed by atoms with Crippen molar-refractivity contribution in [3.05, 3.63) is 89.2 Å². The van der Waals surface area contributed by atoms with Crippen molar-refractivity contribution in [3.8, 4) is 0 Å². The molecule has 8 heteroatoms. The number of hydrogen-bond donors (Lipinski definition) is 0. The van der Waals surface area contributed by atoms with E-state index in [0.717, 1.165) is 0 Å². The maximum atomic E-state index is 13.6. The smallest absolute Gasteiger partial charge is 0.259 e. The number of halogens is 1. The maximum absolute atomic E-state index is 13.6. The molecular formula is C25H23FN2O4S. The van der Waals surface area contributed by atoms with Crippen molar-refractivity contribution < 1.29 is 22.4 Å². The van der Waals surface area contributed by atoms with Gasteiger partial charge in [0.15, 0.2) is 0 Å². The van der Waals surface area contributed by atoms with E-state index in [9.17, 15) is 22.4 Å². The molecular weight excluding hydrogens is 443 g/mol. The van der Waals surface area contributed by atoms with Crippen LogP contribution >= 0.6 is 0 Å². The molecule has 3 aromatic rings. The lowest BCUT2D eigenvalue weighted by Gasteiger charge is -2.24. The predicted octanol–water partition coefficient (Wildman–Crippen LogP) is 4.30. The molecule has 33 heavy (non-hydrogen) atoms. The van der Waals surface area contributed by atoms with E-state index >= 15 is 0 Å². The zero-order valence-electron chi connectivity index (χ0n) is 18.3. The molecule has 0 unspecified atom stereocenters. The van der Waals surface area contributed by atoms with Gasteiger partial charge in [0.1, 0.15) is 5.82 Å². The first-order valence-electron chi connectivity index (χ1n) is 10.6. The Morgan fingerprint density at radius 2 is 1.61 bits per heavy atom. The molecule has 1 heterocycles. The predicted molar refractivity (Wildman–Crippen MR) is 123 cm³/mol. The van der Waals surface area contributed by atoms with Gasteiger partial charge >= 0.3 is 0 Å². The summed E-state index contributed by atoms with van der Waals surface area (Å²) < 4.78 is 40.4. The van der Waals surface area contributed by atoms with Gasteiger partial charge in [-0.1, -0.05) is 24.3 Å². The Kier molecular flexibility index (Phi) is 6.03. The van der Waals surface area contributed by atoms with Gasteiger partial charge in [-0.15, -0.1) is 0 Å². The molecule has 2 amide bonds. The number of rotatable bonds is 5. The molecule has 0 N–H and O–H groups in total. The van der Waals surface area contributed by atoms with Gasteiger partial charge in [-0.3, -0.25) is 9.59 Å². The second kappa shape index (κ2) is 8.78. The molecule has 0 spiro atoms. The fourth-order valence-electron chi connectivity index (χ4n) is 3.96. The molecule has 0 aromatic heterocycles. The van der Waals surface area contributed by atoms with Crippen LogP contribution in [0.25, 0.3) is 0 Å². The molecule has 0 radical (unpaired) electrons. The van der Waals surface area contributed by atoms with E-state index < -0.39 is 21.6 Å². The monoisotopic (exact) mass is 466 g/mol. The van der Waals surface area contributed by atoms with Gasteiger partial charge in [0.05, 0.1) is 27.6 Å². The van der Waals surface area contributed by atoms with Crippen LogP contribution in [-0.2, 0) is 16.4 Å². The summed E-state index contributed by atoms with van der Waals surface area (Å²) in [7, 11) is -4.02. The van der Waals surface area contributed by atoms with E-state index in [2.05, 4.69) is 0 Å². The summed E-state index contributed by atoms with van der Waals surface area (Å²) in [5, 5.41) is 0. The lowest BCUT2D eigenvalue weighted by atomic mass is 10.1. The molecule has 4 rings (SSSR count). The van der Waals surface area contributed by atoms with Crippen molar-refractivity contribution in [2.45, 2.75) is 30.2 Å². The molecule has 0 saturated heterocycles. The normalized spacial score (nSPS) is 14.3. The number of fused-ring (bicyclic) bond motifs is 2. The second-order valence-electron chi connectivity index (χ2n) is 7.68.